The van der Waals surface area contributed by atoms with Crippen molar-refractivity contribution in [2.24, 2.45) is 5.41 Å². The van der Waals surface area contributed by atoms with Gasteiger partial charge in [0.25, 0.3) is 0 Å². The van der Waals surface area contributed by atoms with Crippen LogP contribution >= 0.6 is 15.9 Å². The first-order chi connectivity index (χ1) is 6.32. The van der Waals surface area contributed by atoms with Crippen LogP contribution in [0.2, 0.25) is 0 Å². The zero-order chi connectivity index (χ0) is 10.9. The van der Waals surface area contributed by atoms with Crippen LogP contribution in [0.15, 0.2) is 10.2 Å². The minimum Gasteiger partial charge on any atom is -0.385 e. The fraction of sp³-hybridized carbons (Fsp3) is 0.727. The first-order valence-electron chi connectivity index (χ1n) is 5.00. The monoisotopic (exact) mass is 259 g/mol. The highest BCUT2D eigenvalue weighted by Crippen LogP contribution is 2.37. The van der Waals surface area contributed by atoms with E-state index in [4.69, 9.17) is 0 Å². The van der Waals surface area contributed by atoms with E-state index < -0.39 is 0 Å². The van der Waals surface area contributed by atoms with Crippen LogP contribution < -0.4 is 5.32 Å². The Labute approximate surface area is 94.3 Å². The Bertz CT molecular complexity index is 279. The third-order valence-corrected chi connectivity index (χ3v) is 3.19. The van der Waals surface area contributed by atoms with E-state index in [1.807, 2.05) is 0 Å². The molecule has 0 heterocycles. The van der Waals surface area contributed by atoms with Crippen LogP contribution in [0.4, 0.5) is 0 Å². The molecule has 0 aromatic carbocycles. The van der Waals surface area contributed by atoms with Gasteiger partial charge in [0, 0.05) is 18.2 Å². The van der Waals surface area contributed by atoms with Gasteiger partial charge in [-0.2, -0.15) is 0 Å². The van der Waals surface area contributed by atoms with Gasteiger partial charge in [0.15, 0.2) is 5.78 Å². The smallest absolute Gasteiger partial charge is 0.172 e. The number of Topliss-reactive ketones (excluding diaryl/α,β-unsaturated/α-hetero) is 1. The molecule has 1 aliphatic rings. The summed E-state index contributed by atoms with van der Waals surface area (Å²) in [6.45, 7) is 8.43. The average molecular weight is 260 g/mol. The molecule has 2 nitrogen and oxygen atoms in total. The van der Waals surface area contributed by atoms with Gasteiger partial charge in [-0.3, -0.25) is 4.79 Å². The number of halogens is 1. The van der Waals surface area contributed by atoms with E-state index in [2.05, 4.69) is 48.9 Å². The summed E-state index contributed by atoms with van der Waals surface area (Å²) in [6.07, 6.45) is 1.58. The molecule has 0 aromatic rings. The van der Waals surface area contributed by atoms with Crippen molar-refractivity contribution in [2.45, 2.75) is 46.6 Å². The summed E-state index contributed by atoms with van der Waals surface area (Å²) in [6, 6.07) is 0.374. The van der Waals surface area contributed by atoms with Crippen LogP contribution in [0.3, 0.4) is 0 Å². The molecule has 1 N–H and O–H groups in total. The molecule has 0 aromatic heterocycles. The number of rotatable bonds is 2. The number of ketones is 1. The predicted octanol–water partition coefficient (Wildman–Crippen LogP) is 2.98. The summed E-state index contributed by atoms with van der Waals surface area (Å²) in [7, 11) is 0. The Balaban J connectivity index is 2.89. The van der Waals surface area contributed by atoms with Crippen LogP contribution in [0.25, 0.3) is 0 Å². The second kappa shape index (κ2) is 4.05. The number of carbonyl (C=O) groups excluding carboxylic acids is 1. The van der Waals surface area contributed by atoms with Crippen molar-refractivity contribution in [3.05, 3.63) is 10.2 Å². The molecule has 0 atom stereocenters. The van der Waals surface area contributed by atoms with E-state index in [0.29, 0.717) is 12.5 Å². The van der Waals surface area contributed by atoms with Crippen molar-refractivity contribution < 1.29 is 4.79 Å². The first-order valence-corrected chi connectivity index (χ1v) is 5.79. The molecule has 3 heteroatoms. The molecule has 0 spiro atoms. The molecule has 14 heavy (non-hydrogen) atoms. The van der Waals surface area contributed by atoms with E-state index in [1.54, 1.807) is 0 Å². The van der Waals surface area contributed by atoms with Crippen LogP contribution in [0.1, 0.15) is 40.5 Å². The topological polar surface area (TPSA) is 29.1 Å². The molecular weight excluding hydrogens is 242 g/mol. The van der Waals surface area contributed by atoms with Gasteiger partial charge >= 0.3 is 0 Å². The Morgan fingerprint density at radius 1 is 1.36 bits per heavy atom. The lowest BCUT2D eigenvalue weighted by molar-refractivity contribution is -0.117. The number of carbonyl (C=O) groups is 1. The van der Waals surface area contributed by atoms with Gasteiger partial charge in [-0.1, -0.05) is 13.8 Å². The lowest BCUT2D eigenvalue weighted by Crippen LogP contribution is -2.32. The molecule has 1 rings (SSSR count). The second-order valence-electron chi connectivity index (χ2n) is 5.03. The van der Waals surface area contributed by atoms with E-state index in [0.717, 1.165) is 16.6 Å². The number of nitrogens with one attached hydrogen (secondary N) is 1. The van der Waals surface area contributed by atoms with Crippen LogP contribution in [-0.2, 0) is 4.79 Å². The van der Waals surface area contributed by atoms with Gasteiger partial charge in [-0.15, -0.1) is 0 Å². The summed E-state index contributed by atoms with van der Waals surface area (Å²) >= 11 is 3.37. The van der Waals surface area contributed by atoms with E-state index in [1.165, 1.54) is 0 Å². The third kappa shape index (κ3) is 2.84. The first kappa shape index (κ1) is 11.8. The Kier molecular flexibility index (Phi) is 3.40. The zero-order valence-corrected chi connectivity index (χ0v) is 10.9. The van der Waals surface area contributed by atoms with Crippen molar-refractivity contribution >= 4 is 21.7 Å². The van der Waals surface area contributed by atoms with Crippen molar-refractivity contribution in [3.8, 4) is 0 Å². The van der Waals surface area contributed by atoms with Gasteiger partial charge in [0.1, 0.15) is 0 Å². The fourth-order valence-electron chi connectivity index (χ4n) is 1.76. The fourth-order valence-corrected chi connectivity index (χ4v) is 2.16. The van der Waals surface area contributed by atoms with Gasteiger partial charge in [0.2, 0.25) is 0 Å². The molecule has 80 valence electrons. The second-order valence-corrected chi connectivity index (χ2v) is 5.83. The van der Waals surface area contributed by atoms with E-state index in [9.17, 15) is 4.79 Å². The number of hydrogen-bond donors (Lipinski definition) is 1. The minimum absolute atomic E-state index is 0.0889. The molecule has 0 fully saturated rings. The molecule has 0 amide bonds. The molecule has 1 aliphatic carbocycles. The minimum atomic E-state index is 0.0889. The highest BCUT2D eigenvalue weighted by Gasteiger charge is 2.31. The number of hydrogen-bond acceptors (Lipinski definition) is 2. The van der Waals surface area contributed by atoms with Gasteiger partial charge in [-0.25, -0.2) is 0 Å². The summed E-state index contributed by atoms with van der Waals surface area (Å²) in [5, 5.41) is 3.33. The largest absolute Gasteiger partial charge is 0.385 e. The van der Waals surface area contributed by atoms with Crippen molar-refractivity contribution in [3.63, 3.8) is 0 Å². The lowest BCUT2D eigenvalue weighted by atomic mass is 9.79. The maximum Gasteiger partial charge on any atom is 0.172 e. The predicted molar refractivity (Wildman–Crippen MR) is 62.2 cm³/mol. The summed E-state index contributed by atoms with van der Waals surface area (Å²) in [5.41, 5.74) is 1.15. The Hall–Kier alpha value is -0.310. The van der Waals surface area contributed by atoms with Crippen molar-refractivity contribution in [1.29, 1.82) is 0 Å². The average Bonchev–Trinajstić information content (AvgIpc) is 1.97. The van der Waals surface area contributed by atoms with Crippen molar-refractivity contribution in [2.75, 3.05) is 0 Å². The lowest BCUT2D eigenvalue weighted by Gasteiger charge is -2.31. The molecule has 0 radical (unpaired) electrons. The van der Waals surface area contributed by atoms with Crippen molar-refractivity contribution in [1.82, 2.24) is 5.32 Å². The maximum atomic E-state index is 11.7. The number of allylic oxidation sites excluding steroid dienone is 2. The molecule has 0 bridgehead atoms. The summed E-state index contributed by atoms with van der Waals surface area (Å²) in [4.78, 5) is 11.7. The third-order valence-electron chi connectivity index (χ3n) is 2.27. The summed E-state index contributed by atoms with van der Waals surface area (Å²) < 4.78 is 0.741. The van der Waals surface area contributed by atoms with Gasteiger partial charge in [0.05, 0.1) is 4.48 Å². The quantitative estimate of drug-likeness (QED) is 0.827. The zero-order valence-electron chi connectivity index (χ0n) is 9.28. The van der Waals surface area contributed by atoms with Crippen LogP contribution in [0, 0.1) is 5.41 Å². The molecular formula is C11H18BrNO. The van der Waals surface area contributed by atoms with Crippen LogP contribution in [0.5, 0.6) is 0 Å². The van der Waals surface area contributed by atoms with Crippen LogP contribution in [-0.4, -0.2) is 11.8 Å². The van der Waals surface area contributed by atoms with Gasteiger partial charge < -0.3 is 5.32 Å². The van der Waals surface area contributed by atoms with Gasteiger partial charge in [-0.05, 0) is 41.6 Å². The normalized spacial score (nSPS) is 21.7. The maximum absolute atomic E-state index is 11.7. The molecule has 0 unspecified atom stereocenters. The standard InChI is InChI=1S/C11H18BrNO/c1-7(2)13-8-5-11(3,4)6-9(14)10(8)12/h7,13H,5-6H2,1-4H3. The highest BCUT2D eigenvalue weighted by atomic mass is 79.9. The van der Waals surface area contributed by atoms with E-state index in [-0.39, 0.29) is 11.2 Å². The van der Waals surface area contributed by atoms with E-state index >= 15 is 0 Å². The molecule has 0 saturated heterocycles. The molecule has 0 saturated carbocycles. The SMILES string of the molecule is CC(C)NC1=C(Br)C(=O)CC(C)(C)C1. The highest BCUT2D eigenvalue weighted by molar-refractivity contribution is 9.12. The summed E-state index contributed by atoms with van der Waals surface area (Å²) in [5.74, 6) is 0.212. The molecule has 0 aliphatic heterocycles. The Morgan fingerprint density at radius 2 is 1.93 bits per heavy atom. The Morgan fingerprint density at radius 3 is 2.43 bits per heavy atom.